The molecule has 1 heterocycles. The average molecular weight is 308 g/mol. The molecular formula is C15H11Cl2NS. The predicted molar refractivity (Wildman–Crippen MR) is 84.3 cm³/mol. The summed E-state index contributed by atoms with van der Waals surface area (Å²) in [6, 6.07) is 16.0. The quantitative estimate of drug-likeness (QED) is 0.687. The molecule has 1 aromatic heterocycles. The van der Waals surface area contributed by atoms with E-state index in [0.717, 1.165) is 11.1 Å². The van der Waals surface area contributed by atoms with Crippen LogP contribution in [0.4, 0.5) is 0 Å². The lowest BCUT2D eigenvalue weighted by Crippen LogP contribution is -2.11. The molecule has 3 aromatic rings. The molecule has 0 amide bonds. The zero-order chi connectivity index (χ0) is 13.4. The second-order valence-electron chi connectivity index (χ2n) is 4.36. The van der Waals surface area contributed by atoms with Gasteiger partial charge in [-0.15, -0.1) is 11.3 Å². The van der Waals surface area contributed by atoms with Crippen molar-refractivity contribution < 1.29 is 0 Å². The van der Waals surface area contributed by atoms with E-state index in [1.807, 2.05) is 24.3 Å². The minimum Gasteiger partial charge on any atom is -0.320 e. The van der Waals surface area contributed by atoms with Crippen LogP contribution in [0.1, 0.15) is 17.2 Å². The second-order valence-corrected chi connectivity index (χ2v) is 6.65. The standard InChI is InChI=1S/C15H11Cl2NS/c16-13-8-12(15(17)19-13)14(18)11-6-5-9-3-1-2-4-10(9)7-11/h1-8,14H,18H2. The van der Waals surface area contributed by atoms with Crippen molar-refractivity contribution in [3.05, 3.63) is 68.3 Å². The van der Waals surface area contributed by atoms with Crippen LogP contribution in [0.15, 0.2) is 48.5 Å². The average Bonchev–Trinajstić information content (AvgIpc) is 2.76. The molecule has 0 radical (unpaired) electrons. The zero-order valence-electron chi connectivity index (χ0n) is 9.94. The van der Waals surface area contributed by atoms with E-state index >= 15 is 0 Å². The first-order valence-electron chi connectivity index (χ1n) is 5.84. The van der Waals surface area contributed by atoms with Gasteiger partial charge in [0, 0.05) is 5.56 Å². The van der Waals surface area contributed by atoms with Gasteiger partial charge in [0.15, 0.2) is 0 Å². The molecule has 0 saturated carbocycles. The molecule has 2 N–H and O–H groups in total. The van der Waals surface area contributed by atoms with Gasteiger partial charge in [-0.25, -0.2) is 0 Å². The fourth-order valence-electron chi connectivity index (χ4n) is 2.15. The molecule has 1 unspecified atom stereocenters. The summed E-state index contributed by atoms with van der Waals surface area (Å²) >= 11 is 13.5. The molecule has 96 valence electrons. The van der Waals surface area contributed by atoms with Crippen molar-refractivity contribution in [3.63, 3.8) is 0 Å². The van der Waals surface area contributed by atoms with Crippen LogP contribution in [-0.4, -0.2) is 0 Å². The van der Waals surface area contributed by atoms with Crippen LogP contribution in [0, 0.1) is 0 Å². The highest BCUT2D eigenvalue weighted by molar-refractivity contribution is 7.20. The van der Waals surface area contributed by atoms with E-state index in [0.29, 0.717) is 8.67 Å². The number of halogens is 2. The highest BCUT2D eigenvalue weighted by Gasteiger charge is 2.15. The number of benzene rings is 2. The van der Waals surface area contributed by atoms with E-state index < -0.39 is 0 Å². The van der Waals surface area contributed by atoms with Gasteiger partial charge in [0.1, 0.15) is 0 Å². The molecular weight excluding hydrogens is 297 g/mol. The molecule has 3 rings (SSSR count). The first-order valence-corrected chi connectivity index (χ1v) is 7.41. The number of rotatable bonds is 2. The zero-order valence-corrected chi connectivity index (χ0v) is 12.3. The fraction of sp³-hybridized carbons (Fsp3) is 0.0667. The molecule has 0 bridgehead atoms. The molecule has 1 nitrogen and oxygen atoms in total. The number of fused-ring (bicyclic) bond motifs is 1. The van der Waals surface area contributed by atoms with Gasteiger partial charge in [0.25, 0.3) is 0 Å². The lowest BCUT2D eigenvalue weighted by atomic mass is 9.99. The molecule has 4 heteroatoms. The highest BCUT2D eigenvalue weighted by Crippen LogP contribution is 2.36. The van der Waals surface area contributed by atoms with Crippen LogP contribution in [-0.2, 0) is 0 Å². The molecule has 0 aliphatic heterocycles. The number of hydrogen-bond donors (Lipinski definition) is 1. The Morgan fingerprint density at radius 1 is 0.947 bits per heavy atom. The summed E-state index contributed by atoms with van der Waals surface area (Å²) in [6.07, 6.45) is 0. The van der Waals surface area contributed by atoms with Crippen molar-refractivity contribution in [1.29, 1.82) is 0 Å². The summed E-state index contributed by atoms with van der Waals surface area (Å²) in [4.78, 5) is 0. The van der Waals surface area contributed by atoms with Gasteiger partial charge in [-0.2, -0.15) is 0 Å². The van der Waals surface area contributed by atoms with Crippen LogP contribution in [0.25, 0.3) is 10.8 Å². The third-order valence-electron chi connectivity index (χ3n) is 3.15. The van der Waals surface area contributed by atoms with Crippen LogP contribution in [0.3, 0.4) is 0 Å². The van der Waals surface area contributed by atoms with Crippen molar-refractivity contribution in [2.75, 3.05) is 0 Å². The summed E-state index contributed by atoms with van der Waals surface area (Å²) in [7, 11) is 0. The molecule has 0 aliphatic carbocycles. The van der Waals surface area contributed by atoms with E-state index in [-0.39, 0.29) is 6.04 Å². The fourth-order valence-corrected chi connectivity index (χ4v) is 3.70. The first kappa shape index (κ1) is 12.9. The van der Waals surface area contributed by atoms with Crippen LogP contribution in [0.2, 0.25) is 8.67 Å². The summed E-state index contributed by atoms with van der Waals surface area (Å²) in [5, 5.41) is 2.38. The van der Waals surface area contributed by atoms with Crippen molar-refractivity contribution in [3.8, 4) is 0 Å². The monoisotopic (exact) mass is 307 g/mol. The number of nitrogens with two attached hydrogens (primary N) is 1. The van der Waals surface area contributed by atoms with Crippen LogP contribution < -0.4 is 5.73 Å². The maximum absolute atomic E-state index is 6.29. The van der Waals surface area contributed by atoms with Crippen molar-refractivity contribution in [2.24, 2.45) is 5.73 Å². The maximum Gasteiger partial charge on any atom is 0.0995 e. The van der Waals surface area contributed by atoms with Crippen LogP contribution >= 0.6 is 34.5 Å². The Balaban J connectivity index is 2.06. The van der Waals surface area contributed by atoms with Gasteiger partial charge in [-0.3, -0.25) is 0 Å². The number of thiophene rings is 1. The lowest BCUT2D eigenvalue weighted by Gasteiger charge is -2.12. The van der Waals surface area contributed by atoms with E-state index in [4.69, 9.17) is 28.9 Å². The molecule has 2 aromatic carbocycles. The van der Waals surface area contributed by atoms with Gasteiger partial charge in [-0.1, -0.05) is 59.6 Å². The maximum atomic E-state index is 6.29. The highest BCUT2D eigenvalue weighted by atomic mass is 35.5. The molecule has 0 aliphatic rings. The molecule has 0 fully saturated rings. The Morgan fingerprint density at radius 2 is 1.68 bits per heavy atom. The van der Waals surface area contributed by atoms with Gasteiger partial charge in [-0.05, 0) is 28.5 Å². The summed E-state index contributed by atoms with van der Waals surface area (Å²) in [6.45, 7) is 0. The largest absolute Gasteiger partial charge is 0.320 e. The van der Waals surface area contributed by atoms with Crippen molar-refractivity contribution in [1.82, 2.24) is 0 Å². The van der Waals surface area contributed by atoms with Gasteiger partial charge < -0.3 is 5.73 Å². The SMILES string of the molecule is NC(c1ccc2ccccc2c1)c1cc(Cl)sc1Cl. The molecule has 0 spiro atoms. The Bertz CT molecular complexity index is 736. The molecule has 1 atom stereocenters. The van der Waals surface area contributed by atoms with Gasteiger partial charge in [0.05, 0.1) is 14.7 Å². The first-order chi connectivity index (χ1) is 9.15. The van der Waals surface area contributed by atoms with E-state index in [1.165, 1.54) is 22.1 Å². The predicted octanol–water partition coefficient (Wildman–Crippen LogP) is 5.26. The summed E-state index contributed by atoms with van der Waals surface area (Å²) in [5.74, 6) is 0. The lowest BCUT2D eigenvalue weighted by molar-refractivity contribution is 0.879. The molecule has 0 saturated heterocycles. The normalized spacial score (nSPS) is 12.8. The third kappa shape index (κ3) is 2.49. The smallest absolute Gasteiger partial charge is 0.0995 e. The van der Waals surface area contributed by atoms with E-state index in [1.54, 1.807) is 0 Å². The Labute approximate surface area is 125 Å². The van der Waals surface area contributed by atoms with Crippen molar-refractivity contribution >= 4 is 45.3 Å². The number of hydrogen-bond acceptors (Lipinski definition) is 2. The minimum atomic E-state index is -0.249. The topological polar surface area (TPSA) is 26.0 Å². The summed E-state index contributed by atoms with van der Waals surface area (Å²) < 4.78 is 1.32. The second kappa shape index (κ2) is 5.14. The van der Waals surface area contributed by atoms with Gasteiger partial charge >= 0.3 is 0 Å². The van der Waals surface area contributed by atoms with E-state index in [2.05, 4.69) is 24.3 Å². The Hall–Kier alpha value is -1.06. The molecule has 19 heavy (non-hydrogen) atoms. The third-order valence-corrected chi connectivity index (χ3v) is 4.67. The minimum absolute atomic E-state index is 0.249. The summed E-state index contributed by atoms with van der Waals surface area (Å²) in [5.41, 5.74) is 8.20. The van der Waals surface area contributed by atoms with Crippen LogP contribution in [0.5, 0.6) is 0 Å². The van der Waals surface area contributed by atoms with Crippen molar-refractivity contribution in [2.45, 2.75) is 6.04 Å². The van der Waals surface area contributed by atoms with Gasteiger partial charge in [0.2, 0.25) is 0 Å². The van der Waals surface area contributed by atoms with E-state index in [9.17, 15) is 0 Å². The Kier molecular flexibility index (Phi) is 3.50. The Morgan fingerprint density at radius 3 is 2.37 bits per heavy atom.